The zero-order valence-electron chi connectivity index (χ0n) is 8.55. The molecule has 0 bridgehead atoms. The molecule has 0 radical (unpaired) electrons. The molecule has 3 nitrogen and oxygen atoms in total. The van der Waals surface area contributed by atoms with Gasteiger partial charge >= 0.3 is 0 Å². The van der Waals surface area contributed by atoms with E-state index in [0.717, 1.165) is 0 Å². The van der Waals surface area contributed by atoms with Crippen LogP contribution in [-0.4, -0.2) is 24.5 Å². The average Bonchev–Trinajstić information content (AvgIpc) is 2.00. The molecule has 1 atom stereocenters. The Kier molecular flexibility index (Phi) is 5.99. The first-order chi connectivity index (χ1) is 6.06. The van der Waals surface area contributed by atoms with Gasteiger partial charge in [-0.3, -0.25) is 4.79 Å². The molecule has 0 aromatic rings. The van der Waals surface area contributed by atoms with E-state index in [1.165, 1.54) is 0 Å². The molecule has 74 valence electrons. The lowest BCUT2D eigenvalue weighted by Gasteiger charge is -2.12. The van der Waals surface area contributed by atoms with Crippen LogP contribution in [0.25, 0.3) is 0 Å². The molecule has 13 heavy (non-hydrogen) atoms. The Morgan fingerprint density at radius 1 is 1.46 bits per heavy atom. The van der Waals surface area contributed by atoms with E-state index in [-0.39, 0.29) is 18.0 Å². The van der Waals surface area contributed by atoms with Crippen molar-refractivity contribution in [3.8, 4) is 12.3 Å². The molecule has 0 saturated carbocycles. The minimum absolute atomic E-state index is 0.0128. The SMILES string of the molecule is C#CCC(C)NCC(=O)NC(C)C. The van der Waals surface area contributed by atoms with Gasteiger partial charge in [-0.05, 0) is 20.8 Å². The summed E-state index contributed by atoms with van der Waals surface area (Å²) in [5.41, 5.74) is 0. The summed E-state index contributed by atoms with van der Waals surface area (Å²) in [5.74, 6) is 2.55. The Morgan fingerprint density at radius 3 is 2.54 bits per heavy atom. The van der Waals surface area contributed by atoms with Crippen molar-refractivity contribution in [2.24, 2.45) is 0 Å². The van der Waals surface area contributed by atoms with Gasteiger partial charge in [0.05, 0.1) is 6.54 Å². The molecular weight excluding hydrogens is 164 g/mol. The van der Waals surface area contributed by atoms with Crippen LogP contribution in [0.2, 0.25) is 0 Å². The third kappa shape index (κ3) is 7.35. The van der Waals surface area contributed by atoms with Gasteiger partial charge in [-0.2, -0.15) is 0 Å². The van der Waals surface area contributed by atoms with Crippen LogP contribution >= 0.6 is 0 Å². The van der Waals surface area contributed by atoms with Crippen molar-refractivity contribution in [3.05, 3.63) is 0 Å². The average molecular weight is 182 g/mol. The van der Waals surface area contributed by atoms with Crippen molar-refractivity contribution in [3.63, 3.8) is 0 Å². The molecule has 0 aromatic carbocycles. The number of hydrogen-bond acceptors (Lipinski definition) is 2. The number of rotatable bonds is 5. The Labute approximate surface area is 80.3 Å². The van der Waals surface area contributed by atoms with Crippen LogP contribution in [0.15, 0.2) is 0 Å². The van der Waals surface area contributed by atoms with Crippen LogP contribution in [0.3, 0.4) is 0 Å². The van der Waals surface area contributed by atoms with E-state index < -0.39 is 0 Å². The number of terminal acetylenes is 1. The maximum absolute atomic E-state index is 11.1. The summed E-state index contributed by atoms with van der Waals surface area (Å²) in [4.78, 5) is 11.1. The fraction of sp³-hybridized carbons (Fsp3) is 0.700. The Bertz CT molecular complexity index is 194. The van der Waals surface area contributed by atoms with Gasteiger partial charge in [0.25, 0.3) is 0 Å². The number of hydrogen-bond donors (Lipinski definition) is 2. The number of carbonyl (C=O) groups excluding carboxylic acids is 1. The number of nitrogens with one attached hydrogen (secondary N) is 2. The summed E-state index contributed by atoms with van der Waals surface area (Å²) in [6, 6.07) is 0.389. The van der Waals surface area contributed by atoms with E-state index in [1.807, 2.05) is 20.8 Å². The largest absolute Gasteiger partial charge is 0.353 e. The molecule has 3 heteroatoms. The lowest BCUT2D eigenvalue weighted by Crippen LogP contribution is -2.40. The van der Waals surface area contributed by atoms with Crippen molar-refractivity contribution in [1.82, 2.24) is 10.6 Å². The van der Waals surface area contributed by atoms with Crippen LogP contribution < -0.4 is 10.6 Å². The fourth-order valence-electron chi connectivity index (χ4n) is 0.889. The molecule has 0 saturated heterocycles. The summed E-state index contributed by atoms with van der Waals surface area (Å²) >= 11 is 0. The second-order valence-corrected chi connectivity index (χ2v) is 3.41. The van der Waals surface area contributed by atoms with E-state index in [1.54, 1.807) is 0 Å². The fourth-order valence-corrected chi connectivity index (χ4v) is 0.889. The molecule has 0 aliphatic rings. The predicted molar refractivity (Wildman–Crippen MR) is 54.2 cm³/mol. The van der Waals surface area contributed by atoms with Gasteiger partial charge in [0, 0.05) is 18.5 Å². The van der Waals surface area contributed by atoms with E-state index in [9.17, 15) is 4.79 Å². The highest BCUT2D eigenvalue weighted by Gasteiger charge is 2.04. The van der Waals surface area contributed by atoms with Gasteiger partial charge in [-0.25, -0.2) is 0 Å². The standard InChI is InChI=1S/C10H18N2O/c1-5-6-9(4)11-7-10(13)12-8(2)3/h1,8-9,11H,6-7H2,2-4H3,(H,12,13). The Morgan fingerprint density at radius 2 is 2.08 bits per heavy atom. The van der Waals surface area contributed by atoms with Gasteiger partial charge in [-0.1, -0.05) is 0 Å². The highest BCUT2D eigenvalue weighted by molar-refractivity contribution is 5.78. The van der Waals surface area contributed by atoms with Crippen LogP contribution in [0, 0.1) is 12.3 Å². The first-order valence-corrected chi connectivity index (χ1v) is 4.52. The van der Waals surface area contributed by atoms with Crippen molar-refractivity contribution in [1.29, 1.82) is 0 Å². The number of carbonyl (C=O) groups is 1. The summed E-state index contributed by atoms with van der Waals surface area (Å²) in [6.45, 7) is 6.16. The highest BCUT2D eigenvalue weighted by atomic mass is 16.1. The van der Waals surface area contributed by atoms with Gasteiger partial charge in [0.1, 0.15) is 0 Å². The maximum atomic E-state index is 11.1. The first kappa shape index (κ1) is 12.0. The highest BCUT2D eigenvalue weighted by Crippen LogP contribution is 1.86. The monoisotopic (exact) mass is 182 g/mol. The summed E-state index contributed by atoms with van der Waals surface area (Å²) in [5, 5.41) is 5.82. The molecule has 0 rings (SSSR count). The van der Waals surface area contributed by atoms with Crippen LogP contribution in [0.5, 0.6) is 0 Å². The smallest absolute Gasteiger partial charge is 0.234 e. The molecule has 1 amide bonds. The summed E-state index contributed by atoms with van der Waals surface area (Å²) in [6.07, 6.45) is 5.77. The molecule has 0 aliphatic heterocycles. The van der Waals surface area contributed by atoms with Gasteiger partial charge in [0.15, 0.2) is 0 Å². The normalized spacial score (nSPS) is 12.2. The van der Waals surface area contributed by atoms with Crippen LogP contribution in [0.4, 0.5) is 0 Å². The van der Waals surface area contributed by atoms with E-state index in [4.69, 9.17) is 6.42 Å². The molecule has 0 aliphatic carbocycles. The second kappa shape index (κ2) is 6.50. The van der Waals surface area contributed by atoms with Crippen LogP contribution in [0.1, 0.15) is 27.2 Å². The zero-order valence-corrected chi connectivity index (χ0v) is 8.55. The molecule has 0 heterocycles. The molecule has 1 unspecified atom stereocenters. The zero-order chi connectivity index (χ0) is 10.3. The van der Waals surface area contributed by atoms with Gasteiger partial charge in [-0.15, -0.1) is 12.3 Å². The first-order valence-electron chi connectivity index (χ1n) is 4.52. The van der Waals surface area contributed by atoms with Gasteiger partial charge < -0.3 is 10.6 Å². The minimum atomic E-state index is 0.0128. The quantitative estimate of drug-likeness (QED) is 0.608. The van der Waals surface area contributed by atoms with E-state index in [0.29, 0.717) is 13.0 Å². The van der Waals surface area contributed by atoms with Crippen LogP contribution in [-0.2, 0) is 4.79 Å². The van der Waals surface area contributed by atoms with Crippen molar-refractivity contribution in [2.75, 3.05) is 6.54 Å². The second-order valence-electron chi connectivity index (χ2n) is 3.41. The third-order valence-corrected chi connectivity index (χ3v) is 1.48. The van der Waals surface area contributed by atoms with Gasteiger partial charge in [0.2, 0.25) is 5.91 Å². The lowest BCUT2D eigenvalue weighted by atomic mass is 10.2. The molecule has 0 fully saturated rings. The Balaban J connectivity index is 3.53. The van der Waals surface area contributed by atoms with E-state index in [2.05, 4.69) is 16.6 Å². The minimum Gasteiger partial charge on any atom is -0.353 e. The lowest BCUT2D eigenvalue weighted by molar-refractivity contribution is -0.120. The molecular formula is C10H18N2O. The summed E-state index contributed by atoms with van der Waals surface area (Å²) < 4.78 is 0. The molecule has 0 aromatic heterocycles. The summed E-state index contributed by atoms with van der Waals surface area (Å²) in [7, 11) is 0. The maximum Gasteiger partial charge on any atom is 0.234 e. The van der Waals surface area contributed by atoms with Crippen molar-refractivity contribution in [2.45, 2.75) is 39.3 Å². The third-order valence-electron chi connectivity index (χ3n) is 1.48. The molecule has 0 spiro atoms. The Hall–Kier alpha value is -1.01. The number of amides is 1. The van der Waals surface area contributed by atoms with E-state index >= 15 is 0 Å². The predicted octanol–water partition coefficient (Wildman–Crippen LogP) is 0.512. The van der Waals surface area contributed by atoms with Crippen molar-refractivity contribution >= 4 is 5.91 Å². The molecule has 2 N–H and O–H groups in total. The van der Waals surface area contributed by atoms with Crippen molar-refractivity contribution < 1.29 is 4.79 Å². The topological polar surface area (TPSA) is 41.1 Å².